The number of sulfonamides is 1. The lowest BCUT2D eigenvalue weighted by Gasteiger charge is -2.13. The van der Waals surface area contributed by atoms with Crippen LogP contribution in [0.5, 0.6) is 0 Å². The van der Waals surface area contributed by atoms with Crippen LogP contribution in [-0.2, 0) is 14.8 Å². The highest BCUT2D eigenvalue weighted by atomic mass is 32.2. The Labute approximate surface area is 186 Å². The van der Waals surface area contributed by atoms with Crippen molar-refractivity contribution in [1.82, 2.24) is 19.5 Å². The highest BCUT2D eigenvalue weighted by molar-refractivity contribution is 7.89. The minimum absolute atomic E-state index is 0.0228. The molecule has 1 aromatic heterocycles. The zero-order chi connectivity index (χ0) is 23.3. The van der Waals surface area contributed by atoms with Gasteiger partial charge in [-0.05, 0) is 55.8 Å². The van der Waals surface area contributed by atoms with Crippen molar-refractivity contribution in [1.29, 1.82) is 0 Å². The molecule has 1 atom stereocenters. The summed E-state index contributed by atoms with van der Waals surface area (Å²) >= 11 is 0. The summed E-state index contributed by atoms with van der Waals surface area (Å²) in [6.07, 6.45) is 2.82. The van der Waals surface area contributed by atoms with Crippen LogP contribution in [0.3, 0.4) is 0 Å². The fourth-order valence-corrected chi connectivity index (χ4v) is 3.97. The van der Waals surface area contributed by atoms with E-state index in [1.54, 1.807) is 51.1 Å². The van der Waals surface area contributed by atoms with Gasteiger partial charge in [-0.1, -0.05) is 13.0 Å². The van der Waals surface area contributed by atoms with Crippen molar-refractivity contribution in [2.45, 2.75) is 31.7 Å². The lowest BCUT2D eigenvalue weighted by atomic mass is 10.1. The lowest BCUT2D eigenvalue weighted by molar-refractivity contribution is -0.119. The van der Waals surface area contributed by atoms with Gasteiger partial charge in [0.25, 0.3) is 5.91 Å². The SMILES string of the molecule is CCNS(=O)(=O)c1ccc(C)c(C(=O)Nc2ccc(NC(=O)C(C)n3cncn3)cc2)c1. The summed E-state index contributed by atoms with van der Waals surface area (Å²) in [4.78, 5) is 28.9. The number of nitrogens with one attached hydrogen (secondary N) is 3. The van der Waals surface area contributed by atoms with E-state index in [4.69, 9.17) is 0 Å². The Bertz CT molecular complexity index is 1210. The lowest BCUT2D eigenvalue weighted by Crippen LogP contribution is -2.24. The summed E-state index contributed by atoms with van der Waals surface area (Å²) in [6.45, 7) is 5.36. The molecule has 0 fully saturated rings. The van der Waals surface area contributed by atoms with Crippen LogP contribution < -0.4 is 15.4 Å². The van der Waals surface area contributed by atoms with Crippen molar-refractivity contribution in [2.75, 3.05) is 17.2 Å². The summed E-state index contributed by atoms with van der Waals surface area (Å²) in [7, 11) is -3.68. The van der Waals surface area contributed by atoms with Gasteiger partial charge in [0.1, 0.15) is 18.7 Å². The minimum Gasteiger partial charge on any atom is -0.324 e. The molecule has 11 heteroatoms. The average Bonchev–Trinajstić information content (AvgIpc) is 3.29. The molecule has 10 nitrogen and oxygen atoms in total. The van der Waals surface area contributed by atoms with E-state index in [0.717, 1.165) is 0 Å². The van der Waals surface area contributed by atoms with E-state index in [0.29, 0.717) is 16.9 Å². The third-order valence-corrected chi connectivity index (χ3v) is 6.26. The second-order valence-electron chi connectivity index (χ2n) is 7.05. The Kier molecular flexibility index (Phi) is 7.01. The largest absolute Gasteiger partial charge is 0.324 e. The maximum Gasteiger partial charge on any atom is 0.255 e. The van der Waals surface area contributed by atoms with Crippen LogP contribution in [0.1, 0.15) is 35.8 Å². The molecule has 3 aromatic rings. The first-order valence-corrected chi connectivity index (χ1v) is 11.4. The van der Waals surface area contributed by atoms with Gasteiger partial charge in [-0.15, -0.1) is 0 Å². The average molecular weight is 457 g/mol. The smallest absolute Gasteiger partial charge is 0.255 e. The quantitative estimate of drug-likeness (QED) is 0.476. The second kappa shape index (κ2) is 9.71. The van der Waals surface area contributed by atoms with Gasteiger partial charge in [-0.3, -0.25) is 9.59 Å². The minimum atomic E-state index is -3.68. The van der Waals surface area contributed by atoms with E-state index in [9.17, 15) is 18.0 Å². The van der Waals surface area contributed by atoms with Crippen LogP contribution in [0.4, 0.5) is 11.4 Å². The van der Waals surface area contributed by atoms with Crippen molar-refractivity contribution < 1.29 is 18.0 Å². The molecule has 0 aliphatic heterocycles. The fraction of sp³-hybridized carbons (Fsp3) is 0.238. The van der Waals surface area contributed by atoms with Gasteiger partial charge in [0.2, 0.25) is 15.9 Å². The molecule has 32 heavy (non-hydrogen) atoms. The van der Waals surface area contributed by atoms with E-state index in [1.165, 1.54) is 29.5 Å². The third kappa shape index (κ3) is 5.37. The molecule has 0 saturated heterocycles. The zero-order valence-electron chi connectivity index (χ0n) is 17.9. The maximum atomic E-state index is 12.7. The number of hydrogen-bond donors (Lipinski definition) is 3. The Hall–Kier alpha value is -3.57. The monoisotopic (exact) mass is 456 g/mol. The van der Waals surface area contributed by atoms with Gasteiger partial charge < -0.3 is 10.6 Å². The van der Waals surface area contributed by atoms with Gasteiger partial charge in [0, 0.05) is 23.5 Å². The van der Waals surface area contributed by atoms with E-state index in [2.05, 4.69) is 25.4 Å². The zero-order valence-corrected chi connectivity index (χ0v) is 18.7. The first-order chi connectivity index (χ1) is 15.2. The molecule has 2 amide bonds. The molecule has 3 rings (SSSR count). The van der Waals surface area contributed by atoms with Crippen molar-refractivity contribution >= 4 is 33.2 Å². The molecule has 0 aliphatic carbocycles. The number of benzene rings is 2. The highest BCUT2D eigenvalue weighted by Gasteiger charge is 2.18. The molecular weight excluding hydrogens is 432 g/mol. The second-order valence-corrected chi connectivity index (χ2v) is 8.82. The number of hydrogen-bond acceptors (Lipinski definition) is 6. The van der Waals surface area contributed by atoms with Crippen LogP contribution >= 0.6 is 0 Å². The Balaban J connectivity index is 1.69. The molecule has 168 valence electrons. The summed E-state index contributed by atoms with van der Waals surface area (Å²) < 4.78 is 28.3. The first kappa shape index (κ1) is 23.1. The molecule has 1 heterocycles. The molecule has 3 N–H and O–H groups in total. The summed E-state index contributed by atoms with van der Waals surface area (Å²) in [5, 5.41) is 9.47. The predicted molar refractivity (Wildman–Crippen MR) is 120 cm³/mol. The van der Waals surface area contributed by atoms with Crippen molar-refractivity contribution in [3.05, 3.63) is 66.2 Å². The normalized spacial score (nSPS) is 12.2. The summed E-state index contributed by atoms with van der Waals surface area (Å²) in [5.41, 5.74) is 1.94. The molecule has 0 spiro atoms. The van der Waals surface area contributed by atoms with Gasteiger partial charge in [0.05, 0.1) is 4.90 Å². The third-order valence-electron chi connectivity index (χ3n) is 4.72. The Morgan fingerprint density at radius 2 is 1.72 bits per heavy atom. The number of anilines is 2. The molecule has 2 aromatic carbocycles. The summed E-state index contributed by atoms with van der Waals surface area (Å²) in [5.74, 6) is -0.700. The van der Waals surface area contributed by atoms with Crippen LogP contribution in [0.2, 0.25) is 0 Å². The van der Waals surface area contributed by atoms with E-state index < -0.39 is 22.0 Å². The number of nitrogens with zero attached hydrogens (tertiary/aromatic N) is 3. The predicted octanol–water partition coefficient (Wildman–Crippen LogP) is 2.34. The van der Waals surface area contributed by atoms with Crippen LogP contribution in [0, 0.1) is 6.92 Å². The maximum absolute atomic E-state index is 12.7. The van der Waals surface area contributed by atoms with Gasteiger partial charge in [0.15, 0.2) is 0 Å². The highest BCUT2D eigenvalue weighted by Crippen LogP contribution is 2.19. The number of carbonyl (C=O) groups excluding carboxylic acids is 2. The number of amides is 2. The molecule has 0 saturated carbocycles. The van der Waals surface area contributed by atoms with Crippen molar-refractivity contribution in [3.63, 3.8) is 0 Å². The van der Waals surface area contributed by atoms with Crippen molar-refractivity contribution in [2.24, 2.45) is 0 Å². The molecule has 0 bridgehead atoms. The van der Waals surface area contributed by atoms with E-state index >= 15 is 0 Å². The summed E-state index contributed by atoms with van der Waals surface area (Å²) in [6, 6.07) is 10.5. The number of carbonyl (C=O) groups is 2. The van der Waals surface area contributed by atoms with Crippen molar-refractivity contribution in [3.8, 4) is 0 Å². The fourth-order valence-electron chi connectivity index (χ4n) is 2.91. The van der Waals surface area contributed by atoms with E-state index in [-0.39, 0.29) is 22.9 Å². The molecular formula is C21H24N6O4S. The Morgan fingerprint density at radius 1 is 1.06 bits per heavy atom. The van der Waals surface area contributed by atoms with E-state index in [1.807, 2.05) is 0 Å². The van der Waals surface area contributed by atoms with Gasteiger partial charge >= 0.3 is 0 Å². The topological polar surface area (TPSA) is 135 Å². The number of aryl methyl sites for hydroxylation is 1. The van der Waals surface area contributed by atoms with Gasteiger partial charge in [-0.2, -0.15) is 5.10 Å². The molecule has 1 unspecified atom stereocenters. The Morgan fingerprint density at radius 3 is 2.31 bits per heavy atom. The van der Waals surface area contributed by atoms with Gasteiger partial charge in [-0.25, -0.2) is 22.8 Å². The van der Waals surface area contributed by atoms with Crippen LogP contribution in [-0.4, -0.2) is 41.5 Å². The molecule has 0 radical (unpaired) electrons. The standard InChI is InChI=1S/C21H24N6O4S/c1-4-24-32(30,31)18-10-5-14(2)19(11-18)21(29)26-17-8-6-16(7-9-17)25-20(28)15(3)27-13-22-12-23-27/h5-13,15,24H,4H2,1-3H3,(H,25,28)(H,26,29). The molecule has 0 aliphatic rings. The number of aromatic nitrogens is 3. The van der Waals surface area contributed by atoms with Crippen LogP contribution in [0.15, 0.2) is 60.0 Å². The first-order valence-electron chi connectivity index (χ1n) is 9.88. The van der Waals surface area contributed by atoms with Crippen LogP contribution in [0.25, 0.3) is 0 Å². The number of rotatable bonds is 8.